The van der Waals surface area contributed by atoms with Crippen LogP contribution in [0.2, 0.25) is 0 Å². The Morgan fingerprint density at radius 2 is 2.00 bits per heavy atom. The van der Waals surface area contributed by atoms with Crippen LogP contribution in [0.4, 0.5) is 4.39 Å². The maximum atomic E-state index is 12.4. The molecule has 0 amide bonds. The summed E-state index contributed by atoms with van der Waals surface area (Å²) in [4.78, 5) is 0. The number of nitrogens with two attached hydrogens (primary N) is 1. The van der Waals surface area contributed by atoms with Gasteiger partial charge in [-0.05, 0) is 17.7 Å². The van der Waals surface area contributed by atoms with Crippen LogP contribution >= 0.6 is 0 Å². The number of guanidine groups is 1. The molecule has 1 aromatic carbocycles. The summed E-state index contributed by atoms with van der Waals surface area (Å²) in [6, 6.07) is 6.03. The molecule has 0 saturated heterocycles. The Kier molecular flexibility index (Phi) is 2.63. The van der Waals surface area contributed by atoms with Crippen molar-refractivity contribution in [2.24, 2.45) is 5.73 Å². The molecule has 4 heteroatoms. The molecule has 0 fully saturated rings. The molecule has 1 rings (SSSR count). The maximum absolute atomic E-state index is 12.4. The largest absolute Gasteiger partial charge is 0.370 e. The summed E-state index contributed by atoms with van der Waals surface area (Å²) >= 11 is 0. The third-order valence-corrected chi connectivity index (χ3v) is 1.40. The van der Waals surface area contributed by atoms with Gasteiger partial charge in [-0.25, -0.2) is 4.39 Å². The van der Waals surface area contributed by atoms with Crippen LogP contribution in [-0.4, -0.2) is 5.96 Å². The van der Waals surface area contributed by atoms with E-state index in [1.54, 1.807) is 12.1 Å². The Morgan fingerprint density at radius 1 is 1.42 bits per heavy atom. The van der Waals surface area contributed by atoms with Crippen molar-refractivity contribution in [1.82, 2.24) is 5.32 Å². The second kappa shape index (κ2) is 3.71. The summed E-state index contributed by atoms with van der Waals surface area (Å²) in [6.07, 6.45) is 0. The quantitative estimate of drug-likeness (QED) is 0.449. The lowest BCUT2D eigenvalue weighted by Gasteiger charge is -2.02. The predicted molar refractivity (Wildman–Crippen MR) is 45.2 cm³/mol. The summed E-state index contributed by atoms with van der Waals surface area (Å²) in [7, 11) is 0. The summed E-state index contributed by atoms with van der Waals surface area (Å²) in [5.74, 6) is -0.346. The van der Waals surface area contributed by atoms with E-state index in [1.165, 1.54) is 12.1 Å². The first-order chi connectivity index (χ1) is 5.68. The van der Waals surface area contributed by atoms with Gasteiger partial charge >= 0.3 is 0 Å². The standard InChI is InChI=1S/C8H10FN3/c9-7-3-1-6(2-4-7)5-12-8(10)11/h1-4H,5H2,(H4,10,11,12)/i9-1. The molecule has 64 valence electrons. The first-order valence-electron chi connectivity index (χ1n) is 3.51. The van der Waals surface area contributed by atoms with E-state index >= 15 is 0 Å². The van der Waals surface area contributed by atoms with Gasteiger partial charge in [0.05, 0.1) is 0 Å². The molecule has 0 saturated carbocycles. The molecule has 0 aliphatic carbocycles. The fraction of sp³-hybridized carbons (Fsp3) is 0.125. The minimum atomic E-state index is -0.262. The third-order valence-electron chi connectivity index (χ3n) is 1.40. The molecule has 1 aromatic rings. The zero-order valence-electron chi connectivity index (χ0n) is 6.47. The zero-order chi connectivity index (χ0) is 8.97. The zero-order valence-corrected chi connectivity index (χ0v) is 6.47. The second-order valence-electron chi connectivity index (χ2n) is 2.39. The molecule has 0 aliphatic heterocycles. The predicted octanol–water partition coefficient (Wildman–Crippen LogP) is 0.809. The second-order valence-corrected chi connectivity index (χ2v) is 2.39. The van der Waals surface area contributed by atoms with Crippen LogP contribution in [0.25, 0.3) is 0 Å². The molecule has 4 N–H and O–H groups in total. The van der Waals surface area contributed by atoms with Gasteiger partial charge in [0.1, 0.15) is 5.82 Å². The highest BCUT2D eigenvalue weighted by Crippen LogP contribution is 2.01. The van der Waals surface area contributed by atoms with E-state index in [0.29, 0.717) is 6.54 Å². The van der Waals surface area contributed by atoms with E-state index in [0.717, 1.165) is 5.56 Å². The lowest BCUT2D eigenvalue weighted by molar-refractivity contribution is 0.626. The maximum Gasteiger partial charge on any atom is 0.185 e. The van der Waals surface area contributed by atoms with Gasteiger partial charge in [-0.2, -0.15) is 0 Å². The van der Waals surface area contributed by atoms with Crippen LogP contribution in [-0.2, 0) is 6.54 Å². The molecule has 0 heterocycles. The fourth-order valence-corrected chi connectivity index (χ4v) is 0.800. The van der Waals surface area contributed by atoms with Crippen LogP contribution in [0.5, 0.6) is 0 Å². The van der Waals surface area contributed by atoms with Gasteiger partial charge in [0.15, 0.2) is 5.96 Å². The van der Waals surface area contributed by atoms with Gasteiger partial charge < -0.3 is 11.1 Å². The Labute approximate surface area is 69.9 Å². The summed E-state index contributed by atoms with van der Waals surface area (Å²) in [6.45, 7) is 0.454. The molecule has 3 nitrogen and oxygen atoms in total. The van der Waals surface area contributed by atoms with Gasteiger partial charge in [-0.15, -0.1) is 0 Å². The molecule has 0 unspecified atom stereocenters. The first-order valence-corrected chi connectivity index (χ1v) is 3.51. The van der Waals surface area contributed by atoms with Gasteiger partial charge in [0.2, 0.25) is 0 Å². The average molecular weight is 166 g/mol. The molecule has 0 aliphatic rings. The van der Waals surface area contributed by atoms with Crippen molar-refractivity contribution < 1.29 is 4.39 Å². The van der Waals surface area contributed by atoms with Gasteiger partial charge in [-0.3, -0.25) is 5.41 Å². The van der Waals surface area contributed by atoms with Gasteiger partial charge in [-0.1, -0.05) is 12.1 Å². The smallest absolute Gasteiger partial charge is 0.185 e. The number of hydrogen-bond acceptors (Lipinski definition) is 1. The van der Waals surface area contributed by atoms with E-state index in [2.05, 4.69) is 5.32 Å². The van der Waals surface area contributed by atoms with Crippen LogP contribution in [0.1, 0.15) is 5.56 Å². The van der Waals surface area contributed by atoms with Crippen molar-refractivity contribution in [3.8, 4) is 0 Å². The Balaban J connectivity index is 2.53. The van der Waals surface area contributed by atoms with Crippen LogP contribution in [0.15, 0.2) is 24.3 Å². The lowest BCUT2D eigenvalue weighted by atomic mass is 10.2. The van der Waals surface area contributed by atoms with E-state index in [-0.39, 0.29) is 11.8 Å². The number of hydrogen-bond donors (Lipinski definition) is 3. The van der Waals surface area contributed by atoms with E-state index < -0.39 is 0 Å². The highest BCUT2D eigenvalue weighted by molar-refractivity contribution is 5.74. The SMILES string of the molecule is N=C(N)NCc1ccc([18F])cc1. The molecule has 0 spiro atoms. The molecule has 0 atom stereocenters. The Hall–Kier alpha value is -1.58. The molecular weight excluding hydrogens is 156 g/mol. The Bertz CT molecular complexity index is 268. The topological polar surface area (TPSA) is 61.9 Å². The Morgan fingerprint density at radius 3 is 2.50 bits per heavy atom. The van der Waals surface area contributed by atoms with Crippen molar-refractivity contribution in [1.29, 1.82) is 5.41 Å². The van der Waals surface area contributed by atoms with E-state index in [1.807, 2.05) is 0 Å². The minimum Gasteiger partial charge on any atom is -0.370 e. The fourth-order valence-electron chi connectivity index (χ4n) is 0.800. The monoisotopic (exact) mass is 166 g/mol. The minimum absolute atomic E-state index is 0.0840. The number of benzene rings is 1. The van der Waals surface area contributed by atoms with Gasteiger partial charge in [0, 0.05) is 6.54 Å². The average Bonchev–Trinajstić information content (AvgIpc) is 2.03. The normalized spacial score (nSPS) is 9.42. The number of halogens is 1. The number of rotatable bonds is 2. The van der Waals surface area contributed by atoms with Crippen molar-refractivity contribution >= 4 is 5.96 Å². The van der Waals surface area contributed by atoms with Crippen molar-refractivity contribution in [2.75, 3.05) is 0 Å². The van der Waals surface area contributed by atoms with Crippen LogP contribution in [0, 0.1) is 11.2 Å². The van der Waals surface area contributed by atoms with Crippen molar-refractivity contribution in [3.05, 3.63) is 35.6 Å². The molecule has 0 bridgehead atoms. The summed E-state index contributed by atoms with van der Waals surface area (Å²) < 4.78 is 12.4. The third kappa shape index (κ3) is 2.57. The van der Waals surface area contributed by atoms with Crippen LogP contribution in [0.3, 0.4) is 0 Å². The van der Waals surface area contributed by atoms with Gasteiger partial charge in [0.25, 0.3) is 0 Å². The van der Waals surface area contributed by atoms with Crippen molar-refractivity contribution in [2.45, 2.75) is 6.54 Å². The first kappa shape index (κ1) is 8.52. The molecule has 0 radical (unpaired) electrons. The number of nitrogens with one attached hydrogen (secondary N) is 2. The molecule has 0 aromatic heterocycles. The molecule has 12 heavy (non-hydrogen) atoms. The van der Waals surface area contributed by atoms with Crippen LogP contribution < -0.4 is 11.1 Å². The summed E-state index contributed by atoms with van der Waals surface area (Å²) in [5.41, 5.74) is 5.96. The lowest BCUT2D eigenvalue weighted by Crippen LogP contribution is -2.29. The van der Waals surface area contributed by atoms with E-state index in [4.69, 9.17) is 11.1 Å². The highest BCUT2D eigenvalue weighted by atomic mass is 18.2. The van der Waals surface area contributed by atoms with Crippen molar-refractivity contribution in [3.63, 3.8) is 0 Å². The summed E-state index contributed by atoms with van der Waals surface area (Å²) in [5, 5.41) is 9.50. The highest BCUT2D eigenvalue weighted by Gasteiger charge is 1.93. The molecular formula is C8H10FN3. The van der Waals surface area contributed by atoms with E-state index in [9.17, 15) is 4.39 Å².